The molecule has 0 spiro atoms. The smallest absolute Gasteiger partial charge is 0.321 e. The van der Waals surface area contributed by atoms with Crippen LogP contribution in [-0.4, -0.2) is 41.2 Å². The molecule has 1 saturated heterocycles. The predicted molar refractivity (Wildman–Crippen MR) is 83.1 cm³/mol. The molecule has 1 aliphatic rings. The number of carbonyl (C=O) groups is 2. The number of nitrogens with zero attached hydrogens (tertiary/aromatic N) is 1. The van der Waals surface area contributed by atoms with Gasteiger partial charge in [-0.2, -0.15) is 0 Å². The van der Waals surface area contributed by atoms with Crippen molar-refractivity contribution >= 4 is 17.7 Å². The standard InChI is InChI=1S/C16H21FN2O4/c1-10(2)23-12-5-6-14(13(17)8-12)18-16(22)19-7-3-4-11(9-19)15(20)21/h5-6,8,10-11H,3-4,7,9H2,1-2H3,(H,18,22)(H,20,21). The molecule has 0 radical (unpaired) electrons. The molecule has 0 bridgehead atoms. The van der Waals surface area contributed by atoms with E-state index >= 15 is 0 Å². The molecule has 0 aromatic heterocycles. The Morgan fingerprint density at radius 2 is 2.17 bits per heavy atom. The monoisotopic (exact) mass is 324 g/mol. The maximum atomic E-state index is 14.0. The molecule has 2 amide bonds. The summed E-state index contributed by atoms with van der Waals surface area (Å²) in [6.07, 6.45) is 1.10. The quantitative estimate of drug-likeness (QED) is 0.892. The number of carboxylic acids is 1. The first-order chi connectivity index (χ1) is 10.9. The average molecular weight is 324 g/mol. The van der Waals surface area contributed by atoms with E-state index in [2.05, 4.69) is 5.32 Å². The van der Waals surface area contributed by atoms with Crippen LogP contribution in [-0.2, 0) is 4.79 Å². The number of halogens is 1. The number of amides is 2. The fraction of sp³-hybridized carbons (Fsp3) is 0.500. The molecule has 0 saturated carbocycles. The van der Waals surface area contributed by atoms with E-state index in [1.807, 2.05) is 13.8 Å². The Morgan fingerprint density at radius 3 is 2.78 bits per heavy atom. The van der Waals surface area contributed by atoms with Gasteiger partial charge in [0.05, 0.1) is 17.7 Å². The highest BCUT2D eigenvalue weighted by molar-refractivity contribution is 5.90. The van der Waals surface area contributed by atoms with Crippen LogP contribution in [0.2, 0.25) is 0 Å². The predicted octanol–water partition coefficient (Wildman–Crippen LogP) is 2.94. The first kappa shape index (κ1) is 17.1. The van der Waals surface area contributed by atoms with Gasteiger partial charge in [0.2, 0.25) is 0 Å². The van der Waals surface area contributed by atoms with Crippen LogP contribution >= 0.6 is 0 Å². The number of ether oxygens (including phenoxy) is 1. The Hall–Kier alpha value is -2.31. The van der Waals surface area contributed by atoms with Crippen LogP contribution in [0, 0.1) is 11.7 Å². The summed E-state index contributed by atoms with van der Waals surface area (Å²) >= 11 is 0. The first-order valence-electron chi connectivity index (χ1n) is 7.61. The molecular weight excluding hydrogens is 303 g/mol. The lowest BCUT2D eigenvalue weighted by molar-refractivity contribution is -0.143. The van der Waals surface area contributed by atoms with Crippen molar-refractivity contribution in [2.24, 2.45) is 5.92 Å². The van der Waals surface area contributed by atoms with Crippen LogP contribution in [0.15, 0.2) is 18.2 Å². The van der Waals surface area contributed by atoms with Crippen molar-refractivity contribution in [1.29, 1.82) is 0 Å². The summed E-state index contributed by atoms with van der Waals surface area (Å²) in [7, 11) is 0. The highest BCUT2D eigenvalue weighted by Gasteiger charge is 2.28. The summed E-state index contributed by atoms with van der Waals surface area (Å²) in [6.45, 7) is 4.27. The molecule has 23 heavy (non-hydrogen) atoms. The lowest BCUT2D eigenvalue weighted by Gasteiger charge is -2.30. The van der Waals surface area contributed by atoms with Gasteiger partial charge in [-0.3, -0.25) is 4.79 Å². The maximum absolute atomic E-state index is 14.0. The van der Waals surface area contributed by atoms with Gasteiger partial charge in [0, 0.05) is 19.2 Å². The molecule has 1 atom stereocenters. The zero-order valence-electron chi connectivity index (χ0n) is 13.2. The Labute approximate surface area is 134 Å². The van der Waals surface area contributed by atoms with Crippen molar-refractivity contribution < 1.29 is 23.8 Å². The summed E-state index contributed by atoms with van der Waals surface area (Å²) in [5.41, 5.74) is 0.0450. The minimum Gasteiger partial charge on any atom is -0.491 e. The van der Waals surface area contributed by atoms with E-state index in [-0.39, 0.29) is 18.3 Å². The zero-order valence-corrected chi connectivity index (χ0v) is 13.2. The normalized spacial score (nSPS) is 17.9. The second-order valence-electron chi connectivity index (χ2n) is 5.86. The third-order valence-electron chi connectivity index (χ3n) is 3.61. The Balaban J connectivity index is 2.01. The van der Waals surface area contributed by atoms with Crippen molar-refractivity contribution in [3.63, 3.8) is 0 Å². The number of carboxylic acid groups (broad SMARTS) is 1. The largest absolute Gasteiger partial charge is 0.491 e. The van der Waals surface area contributed by atoms with Gasteiger partial charge < -0.3 is 20.1 Å². The number of anilines is 1. The molecule has 126 valence electrons. The van der Waals surface area contributed by atoms with Gasteiger partial charge in [-0.1, -0.05) is 0 Å². The molecule has 1 aromatic carbocycles. The lowest BCUT2D eigenvalue weighted by Crippen LogP contribution is -2.44. The molecular formula is C16H21FN2O4. The number of aliphatic carboxylic acids is 1. The molecule has 2 rings (SSSR count). The summed E-state index contributed by atoms with van der Waals surface area (Å²) < 4.78 is 19.4. The first-order valence-corrected chi connectivity index (χ1v) is 7.61. The zero-order chi connectivity index (χ0) is 17.0. The number of piperidine rings is 1. The molecule has 1 fully saturated rings. The third kappa shape index (κ3) is 4.58. The highest BCUT2D eigenvalue weighted by Crippen LogP contribution is 2.23. The SMILES string of the molecule is CC(C)Oc1ccc(NC(=O)N2CCCC(C(=O)O)C2)c(F)c1. The fourth-order valence-electron chi connectivity index (χ4n) is 2.50. The number of carbonyl (C=O) groups excluding carboxylic acids is 1. The van der Waals surface area contributed by atoms with Gasteiger partial charge in [-0.05, 0) is 38.8 Å². The minimum atomic E-state index is -0.913. The van der Waals surface area contributed by atoms with Crippen LogP contribution in [0.3, 0.4) is 0 Å². The molecule has 0 aliphatic carbocycles. The minimum absolute atomic E-state index is 0.0450. The number of hydrogen-bond acceptors (Lipinski definition) is 3. The van der Waals surface area contributed by atoms with Gasteiger partial charge in [0.25, 0.3) is 0 Å². The Kier molecular flexibility index (Phi) is 5.41. The number of nitrogens with one attached hydrogen (secondary N) is 1. The number of likely N-dealkylation sites (tertiary alicyclic amines) is 1. The lowest BCUT2D eigenvalue weighted by atomic mass is 9.99. The summed E-state index contributed by atoms with van der Waals surface area (Å²) in [5, 5.41) is 11.5. The molecule has 1 unspecified atom stereocenters. The van der Waals surface area contributed by atoms with Crippen molar-refractivity contribution in [3.8, 4) is 5.75 Å². The molecule has 1 aliphatic heterocycles. The van der Waals surface area contributed by atoms with Crippen LogP contribution in [0.25, 0.3) is 0 Å². The van der Waals surface area contributed by atoms with Gasteiger partial charge in [-0.15, -0.1) is 0 Å². The van der Waals surface area contributed by atoms with E-state index in [0.29, 0.717) is 25.1 Å². The number of urea groups is 1. The Bertz CT molecular complexity index is 591. The van der Waals surface area contributed by atoms with Gasteiger partial charge in [0.15, 0.2) is 0 Å². The third-order valence-corrected chi connectivity index (χ3v) is 3.61. The van der Waals surface area contributed by atoms with Crippen molar-refractivity contribution in [3.05, 3.63) is 24.0 Å². The maximum Gasteiger partial charge on any atom is 0.321 e. The summed E-state index contributed by atoms with van der Waals surface area (Å²) in [4.78, 5) is 24.6. The average Bonchev–Trinajstić information content (AvgIpc) is 2.49. The molecule has 6 nitrogen and oxygen atoms in total. The molecule has 2 N–H and O–H groups in total. The summed E-state index contributed by atoms with van der Waals surface area (Å²) in [5.74, 6) is -1.69. The van der Waals surface area contributed by atoms with Crippen molar-refractivity contribution in [1.82, 2.24) is 4.90 Å². The number of benzene rings is 1. The van der Waals surface area contributed by atoms with Crippen LogP contribution in [0.1, 0.15) is 26.7 Å². The molecule has 1 aromatic rings. The molecule has 1 heterocycles. The molecule has 7 heteroatoms. The van der Waals surface area contributed by atoms with Crippen molar-refractivity contribution in [2.75, 3.05) is 18.4 Å². The topological polar surface area (TPSA) is 78.9 Å². The van der Waals surface area contributed by atoms with Gasteiger partial charge in [0.1, 0.15) is 11.6 Å². The number of rotatable bonds is 4. The van der Waals surface area contributed by atoms with E-state index < -0.39 is 23.7 Å². The van der Waals surface area contributed by atoms with E-state index in [9.17, 15) is 14.0 Å². The van der Waals surface area contributed by atoms with E-state index in [0.717, 1.165) is 0 Å². The second-order valence-corrected chi connectivity index (χ2v) is 5.86. The second kappa shape index (κ2) is 7.30. The van der Waals surface area contributed by atoms with Crippen LogP contribution in [0.4, 0.5) is 14.9 Å². The van der Waals surface area contributed by atoms with Gasteiger partial charge in [-0.25, -0.2) is 9.18 Å². The fourth-order valence-corrected chi connectivity index (χ4v) is 2.50. The Morgan fingerprint density at radius 1 is 1.43 bits per heavy atom. The summed E-state index contributed by atoms with van der Waals surface area (Å²) in [6, 6.07) is 3.73. The van der Waals surface area contributed by atoms with Crippen LogP contribution < -0.4 is 10.1 Å². The number of hydrogen-bond donors (Lipinski definition) is 2. The van der Waals surface area contributed by atoms with Crippen LogP contribution in [0.5, 0.6) is 5.75 Å². The van der Waals surface area contributed by atoms with E-state index in [1.165, 1.54) is 17.0 Å². The van der Waals surface area contributed by atoms with Gasteiger partial charge >= 0.3 is 12.0 Å². The van der Waals surface area contributed by atoms with E-state index in [1.54, 1.807) is 6.07 Å². The van der Waals surface area contributed by atoms with E-state index in [4.69, 9.17) is 9.84 Å². The highest BCUT2D eigenvalue weighted by atomic mass is 19.1. The van der Waals surface area contributed by atoms with Crippen molar-refractivity contribution in [2.45, 2.75) is 32.8 Å².